The number of benzene rings is 2. The number of halogens is 5. The van der Waals surface area contributed by atoms with Crippen LogP contribution in [0.15, 0.2) is 39.3 Å². The predicted molar refractivity (Wildman–Crippen MR) is 85.9 cm³/mol. The normalized spacial score (nSPS) is 11.3. The van der Waals surface area contributed by atoms with Gasteiger partial charge in [0, 0.05) is 8.95 Å². The zero-order chi connectivity index (χ0) is 15.1. The van der Waals surface area contributed by atoms with Gasteiger partial charge in [-0.25, -0.2) is 13.8 Å². The van der Waals surface area contributed by atoms with Crippen molar-refractivity contribution in [3.05, 3.63) is 56.7 Å². The Balaban J connectivity index is 2.42. The Morgan fingerprint density at radius 1 is 1.14 bits per heavy atom. The Labute approximate surface area is 141 Å². The van der Waals surface area contributed by atoms with Crippen LogP contribution in [0.1, 0.15) is 5.82 Å². The van der Waals surface area contributed by atoms with Crippen molar-refractivity contribution in [3.63, 3.8) is 0 Å². The van der Waals surface area contributed by atoms with Crippen LogP contribution in [0.3, 0.4) is 0 Å². The van der Waals surface area contributed by atoms with Crippen LogP contribution in [0, 0.1) is 11.6 Å². The number of fused-ring (bicyclic) bond motifs is 1. The first-order valence-corrected chi connectivity index (χ1v) is 8.01. The van der Waals surface area contributed by atoms with Crippen molar-refractivity contribution >= 4 is 54.5 Å². The lowest BCUT2D eigenvalue weighted by Crippen LogP contribution is -2.02. The summed E-state index contributed by atoms with van der Waals surface area (Å²) < 4.78 is 30.9. The molecule has 3 aromatic rings. The third-order valence-corrected chi connectivity index (χ3v) is 4.42. The van der Waals surface area contributed by atoms with Crippen molar-refractivity contribution in [2.75, 3.05) is 0 Å². The van der Waals surface area contributed by atoms with Gasteiger partial charge >= 0.3 is 0 Å². The summed E-state index contributed by atoms with van der Waals surface area (Å²) in [6.07, 6.45) is 0. The second kappa shape index (κ2) is 5.66. The molecule has 0 aliphatic carbocycles. The summed E-state index contributed by atoms with van der Waals surface area (Å²) in [6, 6.07) is 7.89. The Hall–Kier alpha value is -0.980. The van der Waals surface area contributed by atoms with Gasteiger partial charge in [-0.05, 0) is 46.3 Å². The van der Waals surface area contributed by atoms with Gasteiger partial charge in [-0.2, -0.15) is 0 Å². The SMILES string of the molecule is Fc1ccc2nc(CCl)n(-c3ccc(Br)cc3Br)c2c1F. The minimum absolute atomic E-state index is 0.0775. The molecule has 0 bridgehead atoms. The van der Waals surface area contributed by atoms with Crippen molar-refractivity contribution in [1.29, 1.82) is 0 Å². The van der Waals surface area contributed by atoms with Gasteiger partial charge in [0.15, 0.2) is 11.6 Å². The van der Waals surface area contributed by atoms with Crippen molar-refractivity contribution in [3.8, 4) is 5.69 Å². The van der Waals surface area contributed by atoms with E-state index in [1.165, 1.54) is 10.6 Å². The highest BCUT2D eigenvalue weighted by Gasteiger charge is 2.19. The van der Waals surface area contributed by atoms with Gasteiger partial charge in [0.2, 0.25) is 0 Å². The molecule has 1 aromatic heterocycles. The molecule has 0 spiro atoms. The molecule has 3 rings (SSSR count). The molecule has 2 aromatic carbocycles. The average Bonchev–Trinajstić information content (AvgIpc) is 2.82. The van der Waals surface area contributed by atoms with Gasteiger partial charge < -0.3 is 0 Å². The van der Waals surface area contributed by atoms with E-state index in [2.05, 4.69) is 36.8 Å². The van der Waals surface area contributed by atoms with E-state index in [9.17, 15) is 8.78 Å². The Bertz CT molecular complexity index is 849. The van der Waals surface area contributed by atoms with Crippen LogP contribution in [-0.2, 0) is 5.88 Å². The zero-order valence-corrected chi connectivity index (χ0v) is 14.3. The summed E-state index contributed by atoms with van der Waals surface area (Å²) in [5.41, 5.74) is 1.08. The standard InChI is InChI=1S/C14H7Br2ClF2N2/c15-7-1-4-11(8(16)5-7)21-12(6-17)20-10-3-2-9(18)13(19)14(10)21/h1-5H,6H2. The van der Waals surface area contributed by atoms with E-state index in [4.69, 9.17) is 11.6 Å². The summed E-state index contributed by atoms with van der Waals surface area (Å²) in [4.78, 5) is 4.26. The fraction of sp³-hybridized carbons (Fsp3) is 0.0714. The number of aromatic nitrogens is 2. The van der Waals surface area contributed by atoms with Crippen LogP contribution in [-0.4, -0.2) is 9.55 Å². The maximum absolute atomic E-state index is 14.2. The topological polar surface area (TPSA) is 17.8 Å². The fourth-order valence-electron chi connectivity index (χ4n) is 2.16. The van der Waals surface area contributed by atoms with E-state index >= 15 is 0 Å². The molecule has 0 aliphatic rings. The van der Waals surface area contributed by atoms with Gasteiger partial charge in [0.05, 0.1) is 17.1 Å². The molecule has 0 radical (unpaired) electrons. The first-order valence-electron chi connectivity index (χ1n) is 5.89. The minimum Gasteiger partial charge on any atom is -0.291 e. The van der Waals surface area contributed by atoms with E-state index < -0.39 is 11.6 Å². The maximum atomic E-state index is 14.2. The molecule has 0 amide bonds. The van der Waals surface area contributed by atoms with E-state index in [0.717, 1.165) is 10.5 Å². The molecule has 1 heterocycles. The molecule has 0 fully saturated rings. The monoisotopic (exact) mass is 434 g/mol. The molecule has 0 saturated carbocycles. The number of rotatable bonds is 2. The number of nitrogens with zero attached hydrogens (tertiary/aromatic N) is 2. The lowest BCUT2D eigenvalue weighted by molar-refractivity contribution is 0.514. The number of hydrogen-bond donors (Lipinski definition) is 0. The summed E-state index contributed by atoms with van der Waals surface area (Å²) in [5, 5.41) is 0. The fourth-order valence-corrected chi connectivity index (χ4v) is 3.57. The van der Waals surface area contributed by atoms with E-state index in [1.54, 1.807) is 12.1 Å². The van der Waals surface area contributed by atoms with Gasteiger partial charge in [-0.3, -0.25) is 4.57 Å². The molecule has 0 unspecified atom stereocenters. The second-order valence-corrected chi connectivity index (χ2v) is 6.36. The minimum atomic E-state index is -0.939. The van der Waals surface area contributed by atoms with Crippen LogP contribution in [0.25, 0.3) is 16.7 Å². The largest absolute Gasteiger partial charge is 0.291 e. The van der Waals surface area contributed by atoms with E-state index in [1.807, 2.05) is 6.07 Å². The quantitative estimate of drug-likeness (QED) is 0.481. The Morgan fingerprint density at radius 2 is 1.90 bits per heavy atom. The molecule has 21 heavy (non-hydrogen) atoms. The van der Waals surface area contributed by atoms with Crippen molar-refractivity contribution in [2.24, 2.45) is 0 Å². The smallest absolute Gasteiger partial charge is 0.185 e. The average molecular weight is 436 g/mol. The second-order valence-electron chi connectivity index (χ2n) is 4.32. The highest BCUT2D eigenvalue weighted by Crippen LogP contribution is 2.31. The van der Waals surface area contributed by atoms with E-state index in [-0.39, 0.29) is 11.4 Å². The molecular formula is C14H7Br2ClF2N2. The van der Waals surface area contributed by atoms with E-state index in [0.29, 0.717) is 21.5 Å². The Morgan fingerprint density at radius 3 is 2.57 bits per heavy atom. The third-order valence-electron chi connectivity index (χ3n) is 3.05. The van der Waals surface area contributed by atoms with Gasteiger partial charge in [-0.1, -0.05) is 15.9 Å². The van der Waals surface area contributed by atoms with Crippen LogP contribution < -0.4 is 0 Å². The summed E-state index contributed by atoms with van der Waals surface area (Å²) >= 11 is 12.7. The third kappa shape index (κ3) is 2.49. The number of alkyl halides is 1. The van der Waals surface area contributed by atoms with Crippen molar-refractivity contribution in [2.45, 2.75) is 5.88 Å². The number of hydrogen-bond acceptors (Lipinski definition) is 1. The van der Waals surface area contributed by atoms with Crippen LogP contribution in [0.4, 0.5) is 8.78 Å². The molecule has 0 saturated heterocycles. The summed E-state index contributed by atoms with van der Waals surface area (Å²) in [6.45, 7) is 0. The first-order chi connectivity index (χ1) is 10.0. The van der Waals surface area contributed by atoms with Crippen molar-refractivity contribution < 1.29 is 8.78 Å². The molecule has 108 valence electrons. The highest BCUT2D eigenvalue weighted by atomic mass is 79.9. The molecule has 0 aliphatic heterocycles. The van der Waals surface area contributed by atoms with Crippen LogP contribution in [0.5, 0.6) is 0 Å². The molecule has 0 atom stereocenters. The van der Waals surface area contributed by atoms with Crippen LogP contribution in [0.2, 0.25) is 0 Å². The molecule has 7 heteroatoms. The van der Waals surface area contributed by atoms with Crippen molar-refractivity contribution in [1.82, 2.24) is 9.55 Å². The van der Waals surface area contributed by atoms with Gasteiger partial charge in [0.25, 0.3) is 0 Å². The van der Waals surface area contributed by atoms with Gasteiger partial charge in [-0.15, -0.1) is 11.6 Å². The molecular weight excluding hydrogens is 429 g/mol. The zero-order valence-electron chi connectivity index (χ0n) is 10.4. The summed E-state index contributed by atoms with van der Waals surface area (Å²) in [5.74, 6) is -1.33. The highest BCUT2D eigenvalue weighted by molar-refractivity contribution is 9.11. The first kappa shape index (κ1) is 14.9. The predicted octanol–water partition coefficient (Wildman–Crippen LogP) is 5.57. The van der Waals surface area contributed by atoms with Gasteiger partial charge in [0.1, 0.15) is 11.3 Å². The van der Waals surface area contributed by atoms with Crippen LogP contribution >= 0.6 is 43.5 Å². The Kier molecular flexibility index (Phi) is 4.03. The number of imidazole rings is 1. The lowest BCUT2D eigenvalue weighted by atomic mass is 10.2. The maximum Gasteiger partial charge on any atom is 0.185 e. The summed E-state index contributed by atoms with van der Waals surface area (Å²) in [7, 11) is 0. The molecule has 2 nitrogen and oxygen atoms in total. The molecule has 0 N–H and O–H groups in total. The lowest BCUT2D eigenvalue weighted by Gasteiger charge is -2.11.